The second-order valence-corrected chi connectivity index (χ2v) is 7.44. The predicted octanol–water partition coefficient (Wildman–Crippen LogP) is 4.32. The van der Waals surface area contributed by atoms with Gasteiger partial charge in [0.2, 0.25) is 0 Å². The fourth-order valence-electron chi connectivity index (χ4n) is 3.03. The average molecular weight is 408 g/mol. The molecule has 0 radical (unpaired) electrons. The van der Waals surface area contributed by atoms with Gasteiger partial charge in [-0.1, -0.05) is 47.5 Å². The van der Waals surface area contributed by atoms with Crippen molar-refractivity contribution in [2.45, 2.75) is 19.6 Å². The number of hydrogen-bond acceptors (Lipinski definition) is 3. The van der Waals surface area contributed by atoms with E-state index in [0.29, 0.717) is 23.2 Å². The molecule has 1 aliphatic heterocycles. The molecule has 1 heterocycles. The molecule has 1 atom stereocenters. The zero-order valence-corrected chi connectivity index (χ0v) is 16.7. The Hall–Kier alpha value is -1.79. The van der Waals surface area contributed by atoms with E-state index in [2.05, 4.69) is 15.5 Å². The van der Waals surface area contributed by atoms with E-state index in [1.165, 1.54) is 0 Å². The third kappa shape index (κ3) is 5.84. The van der Waals surface area contributed by atoms with Crippen LogP contribution in [0.1, 0.15) is 11.1 Å². The highest BCUT2D eigenvalue weighted by Crippen LogP contribution is 2.23. The van der Waals surface area contributed by atoms with Gasteiger partial charge in [-0.05, 0) is 36.2 Å². The maximum atomic E-state index is 12.1. The van der Waals surface area contributed by atoms with Crippen LogP contribution in [0.2, 0.25) is 10.0 Å². The Morgan fingerprint density at radius 2 is 2.04 bits per heavy atom. The lowest BCUT2D eigenvalue weighted by molar-refractivity contribution is -0.0285. The number of para-hydroxylation sites is 1. The van der Waals surface area contributed by atoms with Crippen molar-refractivity contribution in [3.8, 4) is 0 Å². The molecule has 27 heavy (non-hydrogen) atoms. The summed E-state index contributed by atoms with van der Waals surface area (Å²) in [6.45, 7) is 5.40. The van der Waals surface area contributed by atoms with E-state index >= 15 is 0 Å². The Labute approximate surface area is 169 Å². The maximum Gasteiger partial charge on any atom is 0.319 e. The standard InChI is InChI=1S/C20H23Cl2N3O2/c1-14-4-2-3-5-19(14)24-20(26)23-11-16-13-25(8-9-27-16)12-15-6-7-17(21)18(22)10-15/h2-7,10,16H,8-9,11-13H2,1H3,(H2,23,24,26). The molecule has 1 unspecified atom stereocenters. The Bertz CT molecular complexity index is 801. The number of hydrogen-bond donors (Lipinski definition) is 2. The van der Waals surface area contributed by atoms with Crippen LogP contribution in [0.5, 0.6) is 0 Å². The van der Waals surface area contributed by atoms with Crippen LogP contribution >= 0.6 is 23.2 Å². The van der Waals surface area contributed by atoms with Crippen molar-refractivity contribution in [3.05, 3.63) is 63.6 Å². The SMILES string of the molecule is Cc1ccccc1NC(=O)NCC1CN(Cc2ccc(Cl)c(Cl)c2)CCO1. The number of carbonyl (C=O) groups is 1. The molecular weight excluding hydrogens is 385 g/mol. The minimum atomic E-state index is -0.227. The summed E-state index contributed by atoms with van der Waals surface area (Å²) in [4.78, 5) is 14.4. The van der Waals surface area contributed by atoms with Crippen molar-refractivity contribution in [1.29, 1.82) is 0 Å². The third-order valence-corrected chi connectivity index (χ3v) is 5.24. The number of urea groups is 1. The first-order chi connectivity index (χ1) is 13.0. The van der Waals surface area contributed by atoms with Crippen LogP contribution in [0.4, 0.5) is 10.5 Å². The average Bonchev–Trinajstić information content (AvgIpc) is 2.65. The van der Waals surface area contributed by atoms with E-state index in [4.69, 9.17) is 27.9 Å². The molecule has 0 saturated carbocycles. The second-order valence-electron chi connectivity index (χ2n) is 6.63. The van der Waals surface area contributed by atoms with Crippen molar-refractivity contribution >= 4 is 34.9 Å². The lowest BCUT2D eigenvalue weighted by Gasteiger charge is -2.33. The van der Waals surface area contributed by atoms with Gasteiger partial charge in [-0.15, -0.1) is 0 Å². The highest BCUT2D eigenvalue weighted by atomic mass is 35.5. The van der Waals surface area contributed by atoms with Crippen molar-refractivity contribution in [2.24, 2.45) is 0 Å². The first-order valence-electron chi connectivity index (χ1n) is 8.89. The quantitative estimate of drug-likeness (QED) is 0.775. The van der Waals surface area contributed by atoms with Gasteiger partial charge in [-0.2, -0.15) is 0 Å². The van der Waals surface area contributed by atoms with Crippen LogP contribution in [-0.2, 0) is 11.3 Å². The molecule has 7 heteroatoms. The van der Waals surface area contributed by atoms with Gasteiger partial charge in [0.15, 0.2) is 0 Å². The second kappa shape index (κ2) is 9.42. The maximum absolute atomic E-state index is 12.1. The summed E-state index contributed by atoms with van der Waals surface area (Å²) in [6.07, 6.45) is -0.0517. The number of nitrogens with zero attached hydrogens (tertiary/aromatic N) is 1. The lowest BCUT2D eigenvalue weighted by atomic mass is 10.2. The van der Waals surface area contributed by atoms with Crippen molar-refractivity contribution in [3.63, 3.8) is 0 Å². The van der Waals surface area contributed by atoms with Gasteiger partial charge in [0.1, 0.15) is 0 Å². The Morgan fingerprint density at radius 3 is 2.81 bits per heavy atom. The summed E-state index contributed by atoms with van der Waals surface area (Å²) < 4.78 is 5.78. The molecule has 0 aromatic heterocycles. The van der Waals surface area contributed by atoms with Crippen LogP contribution in [0, 0.1) is 6.92 Å². The molecule has 0 bridgehead atoms. The number of ether oxygens (including phenoxy) is 1. The van der Waals surface area contributed by atoms with E-state index in [0.717, 1.165) is 36.4 Å². The molecule has 144 valence electrons. The molecule has 0 aliphatic carbocycles. The summed E-state index contributed by atoms with van der Waals surface area (Å²) in [6, 6.07) is 13.1. The zero-order chi connectivity index (χ0) is 19.2. The zero-order valence-electron chi connectivity index (χ0n) is 15.2. The highest BCUT2D eigenvalue weighted by molar-refractivity contribution is 6.42. The molecule has 5 nitrogen and oxygen atoms in total. The minimum Gasteiger partial charge on any atom is -0.374 e. The van der Waals surface area contributed by atoms with Crippen molar-refractivity contribution < 1.29 is 9.53 Å². The number of amides is 2. The first-order valence-corrected chi connectivity index (χ1v) is 9.65. The van der Waals surface area contributed by atoms with Gasteiger partial charge < -0.3 is 15.4 Å². The summed E-state index contributed by atoms with van der Waals surface area (Å²) in [5.74, 6) is 0. The van der Waals surface area contributed by atoms with Gasteiger partial charge in [-0.25, -0.2) is 4.79 Å². The number of halogens is 2. The van der Waals surface area contributed by atoms with Crippen LogP contribution in [0.3, 0.4) is 0 Å². The van der Waals surface area contributed by atoms with E-state index in [1.807, 2.05) is 49.4 Å². The van der Waals surface area contributed by atoms with Gasteiger partial charge in [0, 0.05) is 31.9 Å². The van der Waals surface area contributed by atoms with E-state index in [-0.39, 0.29) is 12.1 Å². The molecular formula is C20H23Cl2N3O2. The van der Waals surface area contributed by atoms with Crippen LogP contribution in [-0.4, -0.2) is 43.3 Å². The molecule has 3 rings (SSSR count). The van der Waals surface area contributed by atoms with E-state index in [9.17, 15) is 4.79 Å². The number of carbonyl (C=O) groups excluding carboxylic acids is 1. The topological polar surface area (TPSA) is 53.6 Å². The fourth-order valence-corrected chi connectivity index (χ4v) is 3.35. The Morgan fingerprint density at radius 1 is 1.22 bits per heavy atom. The number of morpholine rings is 1. The normalized spacial score (nSPS) is 17.5. The van der Waals surface area contributed by atoms with Gasteiger partial charge in [0.25, 0.3) is 0 Å². The summed E-state index contributed by atoms with van der Waals surface area (Å²) >= 11 is 12.1. The van der Waals surface area contributed by atoms with E-state index in [1.54, 1.807) is 0 Å². The highest BCUT2D eigenvalue weighted by Gasteiger charge is 2.21. The smallest absolute Gasteiger partial charge is 0.319 e. The van der Waals surface area contributed by atoms with Crippen LogP contribution < -0.4 is 10.6 Å². The van der Waals surface area contributed by atoms with Crippen molar-refractivity contribution in [1.82, 2.24) is 10.2 Å². The molecule has 0 spiro atoms. The first kappa shape index (κ1) is 20.0. The third-order valence-electron chi connectivity index (χ3n) is 4.50. The van der Waals surface area contributed by atoms with Crippen LogP contribution in [0.15, 0.2) is 42.5 Å². The molecule has 2 aromatic rings. The van der Waals surface area contributed by atoms with Crippen LogP contribution in [0.25, 0.3) is 0 Å². The molecule has 1 aliphatic rings. The number of anilines is 1. The number of aryl methyl sites for hydroxylation is 1. The molecule has 1 saturated heterocycles. The predicted molar refractivity (Wildman–Crippen MR) is 110 cm³/mol. The van der Waals surface area contributed by atoms with Crippen molar-refractivity contribution in [2.75, 3.05) is 31.6 Å². The van der Waals surface area contributed by atoms with E-state index < -0.39 is 0 Å². The molecule has 2 amide bonds. The summed E-state index contributed by atoms with van der Waals surface area (Å²) in [7, 11) is 0. The number of benzene rings is 2. The fraction of sp³-hybridized carbons (Fsp3) is 0.350. The molecule has 1 fully saturated rings. The molecule has 2 aromatic carbocycles. The Kier molecular flexibility index (Phi) is 6.96. The summed E-state index contributed by atoms with van der Waals surface area (Å²) in [5, 5.41) is 6.88. The van der Waals surface area contributed by atoms with Gasteiger partial charge in [0.05, 0.1) is 22.8 Å². The summed E-state index contributed by atoms with van der Waals surface area (Å²) in [5.41, 5.74) is 2.94. The van der Waals surface area contributed by atoms with Gasteiger partial charge in [-0.3, -0.25) is 4.90 Å². The lowest BCUT2D eigenvalue weighted by Crippen LogP contribution is -2.47. The van der Waals surface area contributed by atoms with Gasteiger partial charge >= 0.3 is 6.03 Å². The largest absolute Gasteiger partial charge is 0.374 e. The minimum absolute atomic E-state index is 0.0517. The number of rotatable bonds is 5. The monoisotopic (exact) mass is 407 g/mol. The Balaban J connectivity index is 1.47. The molecule has 2 N–H and O–H groups in total. The number of nitrogens with one attached hydrogen (secondary N) is 2.